The van der Waals surface area contributed by atoms with Crippen molar-refractivity contribution in [3.63, 3.8) is 0 Å². The molecule has 1 amide bonds. The Morgan fingerprint density at radius 2 is 0.767 bits per heavy atom. The summed E-state index contributed by atoms with van der Waals surface area (Å²) in [5, 5.41) is 23.0. The van der Waals surface area contributed by atoms with E-state index in [1.807, 2.05) is 6.08 Å². The Labute approximate surface area is 374 Å². The fourth-order valence-corrected chi connectivity index (χ4v) is 8.40. The van der Waals surface area contributed by atoms with Gasteiger partial charge in [0, 0.05) is 12.8 Å². The zero-order valence-electron chi connectivity index (χ0n) is 40.5. The average Bonchev–Trinajstić information content (AvgIpc) is 3.25. The first-order valence-corrected chi connectivity index (χ1v) is 27.0. The van der Waals surface area contributed by atoms with Gasteiger partial charge in [0.05, 0.1) is 25.4 Å². The Kier molecular flexibility index (Phi) is 49.1. The highest BCUT2D eigenvalue weighted by atomic mass is 16.5. The van der Waals surface area contributed by atoms with Crippen molar-refractivity contribution < 1.29 is 24.5 Å². The average molecular weight is 848 g/mol. The van der Waals surface area contributed by atoms with Crippen LogP contribution in [0.15, 0.2) is 12.2 Å². The lowest BCUT2D eigenvalue weighted by atomic mass is 10.0. The second kappa shape index (κ2) is 50.2. The number of unbranched alkanes of at least 4 members (excludes halogenated alkanes) is 39. The zero-order valence-corrected chi connectivity index (χ0v) is 40.5. The second-order valence-corrected chi connectivity index (χ2v) is 18.6. The summed E-state index contributed by atoms with van der Waals surface area (Å²) in [6, 6.07) is -0.626. The van der Waals surface area contributed by atoms with Gasteiger partial charge in [-0.3, -0.25) is 9.59 Å². The van der Waals surface area contributed by atoms with Crippen molar-refractivity contribution in [2.45, 2.75) is 309 Å². The number of hydrogen-bond donors (Lipinski definition) is 3. The van der Waals surface area contributed by atoms with Crippen LogP contribution in [-0.4, -0.2) is 47.4 Å². The number of amides is 1. The molecule has 0 aliphatic rings. The summed E-state index contributed by atoms with van der Waals surface area (Å²) in [7, 11) is 0. The molecule has 0 rings (SSSR count). The Balaban J connectivity index is 3.39. The molecule has 3 N–H and O–H groups in total. The summed E-state index contributed by atoms with van der Waals surface area (Å²) in [6.07, 6.45) is 58.0. The van der Waals surface area contributed by atoms with Crippen molar-refractivity contribution in [2.75, 3.05) is 13.2 Å². The normalized spacial score (nSPS) is 12.7. The first-order chi connectivity index (χ1) is 29.5. The van der Waals surface area contributed by atoms with E-state index in [1.54, 1.807) is 6.08 Å². The number of nitrogens with one attached hydrogen (secondary N) is 1. The molecular weight excluding hydrogens is 743 g/mol. The third-order valence-corrected chi connectivity index (χ3v) is 12.6. The Bertz CT molecular complexity index is 893. The van der Waals surface area contributed by atoms with Gasteiger partial charge in [0.25, 0.3) is 0 Å². The molecule has 6 heteroatoms. The van der Waals surface area contributed by atoms with E-state index >= 15 is 0 Å². The van der Waals surface area contributed by atoms with Gasteiger partial charge in [-0.05, 0) is 32.1 Å². The number of hydrogen-bond acceptors (Lipinski definition) is 5. The number of aliphatic hydroxyl groups excluding tert-OH is 2. The van der Waals surface area contributed by atoms with Gasteiger partial charge in [-0.15, -0.1) is 0 Å². The number of allylic oxidation sites excluding steroid dienone is 1. The molecule has 2 unspecified atom stereocenters. The standard InChI is InChI=1S/C54H105NO5/c1-3-5-7-9-11-13-15-28-32-36-40-44-48-54(59)60-49-45-41-37-33-29-25-23-21-19-17-16-18-20-22-24-27-31-35-39-43-47-53(58)55-51(50-56)52(57)46-42-38-34-30-26-14-12-10-8-6-4-2/h42,46,51-52,56-57H,3-41,43-45,47-50H2,1-2H3,(H,55,58)/b46-42+. The molecule has 0 radical (unpaired) electrons. The van der Waals surface area contributed by atoms with Gasteiger partial charge in [0.1, 0.15) is 0 Å². The van der Waals surface area contributed by atoms with Crippen molar-refractivity contribution in [2.24, 2.45) is 0 Å². The molecule has 0 aromatic heterocycles. The highest BCUT2D eigenvalue weighted by molar-refractivity contribution is 5.76. The zero-order chi connectivity index (χ0) is 43.7. The molecule has 0 aliphatic heterocycles. The first kappa shape index (κ1) is 58.6. The van der Waals surface area contributed by atoms with Crippen molar-refractivity contribution in [3.8, 4) is 0 Å². The van der Waals surface area contributed by atoms with Crippen molar-refractivity contribution in [3.05, 3.63) is 12.2 Å². The summed E-state index contributed by atoms with van der Waals surface area (Å²) in [4.78, 5) is 24.4. The molecule has 356 valence electrons. The van der Waals surface area contributed by atoms with Crippen LogP contribution >= 0.6 is 0 Å². The van der Waals surface area contributed by atoms with Crippen LogP contribution in [0.4, 0.5) is 0 Å². The monoisotopic (exact) mass is 848 g/mol. The number of carbonyl (C=O) groups excluding carboxylic acids is 2. The Hall–Kier alpha value is -1.40. The lowest BCUT2D eigenvalue weighted by Crippen LogP contribution is -2.45. The molecule has 0 heterocycles. The van der Waals surface area contributed by atoms with E-state index in [0.717, 1.165) is 38.5 Å². The van der Waals surface area contributed by atoms with Crippen LogP contribution in [0, 0.1) is 0 Å². The van der Waals surface area contributed by atoms with Crippen LogP contribution in [0.1, 0.15) is 296 Å². The van der Waals surface area contributed by atoms with Crippen LogP contribution in [-0.2, 0) is 14.3 Å². The largest absolute Gasteiger partial charge is 0.466 e. The highest BCUT2D eigenvalue weighted by Gasteiger charge is 2.18. The fraction of sp³-hybridized carbons (Fsp3) is 0.926. The maximum Gasteiger partial charge on any atom is 0.305 e. The van der Waals surface area contributed by atoms with Crippen molar-refractivity contribution >= 4 is 11.9 Å². The van der Waals surface area contributed by atoms with Gasteiger partial charge in [-0.25, -0.2) is 0 Å². The van der Waals surface area contributed by atoms with Crippen molar-refractivity contribution in [1.82, 2.24) is 5.32 Å². The molecule has 0 saturated carbocycles. The minimum atomic E-state index is -0.843. The van der Waals surface area contributed by atoms with Gasteiger partial charge in [0.15, 0.2) is 0 Å². The number of aliphatic hydroxyl groups is 2. The van der Waals surface area contributed by atoms with E-state index < -0.39 is 12.1 Å². The summed E-state index contributed by atoms with van der Waals surface area (Å²) < 4.78 is 5.46. The van der Waals surface area contributed by atoms with Crippen LogP contribution in [0.2, 0.25) is 0 Å². The maximum absolute atomic E-state index is 12.4. The van der Waals surface area contributed by atoms with E-state index in [0.29, 0.717) is 19.4 Å². The predicted molar refractivity (Wildman–Crippen MR) is 260 cm³/mol. The summed E-state index contributed by atoms with van der Waals surface area (Å²) in [5.74, 6) is -0.0597. The number of ether oxygens (including phenoxy) is 1. The summed E-state index contributed by atoms with van der Waals surface area (Å²) in [6.45, 7) is 4.89. The topological polar surface area (TPSA) is 95.9 Å². The van der Waals surface area contributed by atoms with Crippen LogP contribution in [0.3, 0.4) is 0 Å². The smallest absolute Gasteiger partial charge is 0.305 e. The van der Waals surface area contributed by atoms with Crippen LogP contribution in [0.5, 0.6) is 0 Å². The predicted octanol–water partition coefficient (Wildman–Crippen LogP) is 16.1. The molecule has 2 atom stereocenters. The van der Waals surface area contributed by atoms with Gasteiger partial charge in [-0.2, -0.15) is 0 Å². The van der Waals surface area contributed by atoms with E-state index in [1.165, 1.54) is 231 Å². The van der Waals surface area contributed by atoms with Crippen molar-refractivity contribution in [1.29, 1.82) is 0 Å². The number of carbonyl (C=O) groups is 2. The quantitative estimate of drug-likeness (QED) is 0.0322. The second-order valence-electron chi connectivity index (χ2n) is 18.6. The Morgan fingerprint density at radius 3 is 1.13 bits per heavy atom. The number of rotatable bonds is 50. The summed E-state index contributed by atoms with van der Waals surface area (Å²) in [5.41, 5.74) is 0. The summed E-state index contributed by atoms with van der Waals surface area (Å²) >= 11 is 0. The third kappa shape index (κ3) is 46.1. The molecule has 0 aliphatic carbocycles. The lowest BCUT2D eigenvalue weighted by Gasteiger charge is -2.20. The first-order valence-electron chi connectivity index (χ1n) is 27.0. The Morgan fingerprint density at radius 1 is 0.450 bits per heavy atom. The molecule has 0 aromatic rings. The van der Waals surface area contributed by atoms with Gasteiger partial charge in [-0.1, -0.05) is 264 Å². The maximum atomic E-state index is 12.4. The highest BCUT2D eigenvalue weighted by Crippen LogP contribution is 2.17. The molecule has 6 nitrogen and oxygen atoms in total. The van der Waals surface area contributed by atoms with Crippen LogP contribution in [0.25, 0.3) is 0 Å². The molecule has 0 aromatic carbocycles. The van der Waals surface area contributed by atoms with E-state index in [-0.39, 0.29) is 18.5 Å². The van der Waals surface area contributed by atoms with E-state index in [4.69, 9.17) is 4.74 Å². The molecule has 0 saturated heterocycles. The molecule has 0 spiro atoms. The van der Waals surface area contributed by atoms with Gasteiger partial charge >= 0.3 is 5.97 Å². The minimum Gasteiger partial charge on any atom is -0.466 e. The minimum absolute atomic E-state index is 0.0106. The molecule has 60 heavy (non-hydrogen) atoms. The SMILES string of the molecule is CCCCCCCCCCC/C=C/C(O)C(CO)NC(=O)CCCCCCCCCCCCCCCCCCCCCCOC(=O)CCCCCCCCCCCCCC. The van der Waals surface area contributed by atoms with E-state index in [2.05, 4.69) is 19.2 Å². The molecular formula is C54H105NO5. The van der Waals surface area contributed by atoms with Gasteiger partial charge in [0.2, 0.25) is 5.91 Å². The molecule has 0 bridgehead atoms. The molecule has 0 fully saturated rings. The van der Waals surface area contributed by atoms with Crippen LogP contribution < -0.4 is 5.32 Å². The fourth-order valence-electron chi connectivity index (χ4n) is 8.40. The van der Waals surface area contributed by atoms with Gasteiger partial charge < -0.3 is 20.3 Å². The van der Waals surface area contributed by atoms with E-state index in [9.17, 15) is 19.8 Å². The lowest BCUT2D eigenvalue weighted by molar-refractivity contribution is -0.143. The number of esters is 1. The third-order valence-electron chi connectivity index (χ3n) is 12.6.